The molecule has 4 rings (SSSR count). The van der Waals surface area contributed by atoms with Crippen molar-refractivity contribution in [1.29, 1.82) is 0 Å². The fourth-order valence-corrected chi connectivity index (χ4v) is 3.01. The van der Waals surface area contributed by atoms with Gasteiger partial charge in [0.05, 0.1) is 18.7 Å². The average molecular weight is 331 g/mol. The number of carbonyl (C=O) groups is 1. The fraction of sp³-hybridized carbons (Fsp3) is 0.150. The molecule has 3 aromatic rings. The minimum atomic E-state index is -0.0487. The van der Waals surface area contributed by atoms with E-state index < -0.39 is 0 Å². The zero-order chi connectivity index (χ0) is 17.1. The van der Waals surface area contributed by atoms with Crippen LogP contribution in [0.15, 0.2) is 67.1 Å². The summed E-state index contributed by atoms with van der Waals surface area (Å²) in [5.74, 6) is 0.551. The van der Waals surface area contributed by atoms with Crippen molar-refractivity contribution in [2.75, 3.05) is 13.2 Å². The van der Waals surface area contributed by atoms with E-state index in [4.69, 9.17) is 4.74 Å². The van der Waals surface area contributed by atoms with Crippen molar-refractivity contribution in [3.8, 4) is 17.0 Å². The smallest absolute Gasteiger partial charge is 0.255 e. The number of fused-ring (bicyclic) bond motifs is 1. The number of benzene rings is 1. The summed E-state index contributed by atoms with van der Waals surface area (Å²) in [5.41, 5.74) is 3.64. The van der Waals surface area contributed by atoms with Crippen LogP contribution in [0, 0.1) is 0 Å². The first kappa shape index (κ1) is 15.3. The molecule has 0 saturated carbocycles. The second-order valence-electron chi connectivity index (χ2n) is 5.83. The van der Waals surface area contributed by atoms with E-state index in [1.54, 1.807) is 35.6 Å². The van der Waals surface area contributed by atoms with Gasteiger partial charge in [-0.2, -0.15) is 0 Å². The average Bonchev–Trinajstić information content (AvgIpc) is 2.91. The molecular formula is C20H17N3O2. The maximum absolute atomic E-state index is 12.8. The number of carbonyl (C=O) groups excluding carboxylic acids is 1. The molecule has 5 nitrogen and oxygen atoms in total. The summed E-state index contributed by atoms with van der Waals surface area (Å²) in [7, 11) is 0. The molecule has 2 aromatic heterocycles. The number of rotatable bonds is 2. The molecule has 1 aliphatic rings. The zero-order valence-electron chi connectivity index (χ0n) is 13.6. The lowest BCUT2D eigenvalue weighted by atomic mass is 10.0. The highest BCUT2D eigenvalue weighted by molar-refractivity contribution is 5.94. The first-order valence-electron chi connectivity index (χ1n) is 8.18. The number of ether oxygens (including phenoxy) is 1. The summed E-state index contributed by atoms with van der Waals surface area (Å²) in [6.07, 6.45) is 5.01. The summed E-state index contributed by atoms with van der Waals surface area (Å²) in [5, 5.41) is 0. The van der Waals surface area contributed by atoms with Crippen LogP contribution in [0.2, 0.25) is 0 Å². The molecule has 1 amide bonds. The first-order chi connectivity index (χ1) is 12.3. The molecule has 0 atom stereocenters. The Hall–Kier alpha value is -3.21. The third kappa shape index (κ3) is 3.08. The van der Waals surface area contributed by atoms with Gasteiger partial charge in [-0.1, -0.05) is 30.3 Å². The summed E-state index contributed by atoms with van der Waals surface area (Å²) in [6, 6.07) is 15.6. The van der Waals surface area contributed by atoms with Gasteiger partial charge in [-0.05, 0) is 29.3 Å². The molecule has 0 spiro atoms. The van der Waals surface area contributed by atoms with E-state index in [1.807, 2.05) is 36.4 Å². The molecule has 1 aliphatic heterocycles. The van der Waals surface area contributed by atoms with Crippen LogP contribution < -0.4 is 4.74 Å². The quantitative estimate of drug-likeness (QED) is 0.724. The zero-order valence-corrected chi connectivity index (χ0v) is 13.6. The predicted molar refractivity (Wildman–Crippen MR) is 94.1 cm³/mol. The largest absolute Gasteiger partial charge is 0.476 e. The van der Waals surface area contributed by atoms with Crippen molar-refractivity contribution in [3.63, 3.8) is 0 Å². The van der Waals surface area contributed by atoms with Gasteiger partial charge in [0.2, 0.25) is 5.88 Å². The Morgan fingerprint density at radius 2 is 1.92 bits per heavy atom. The molecule has 0 bridgehead atoms. The van der Waals surface area contributed by atoms with Crippen LogP contribution in [0.5, 0.6) is 5.88 Å². The maximum Gasteiger partial charge on any atom is 0.255 e. The first-order valence-corrected chi connectivity index (χ1v) is 8.18. The van der Waals surface area contributed by atoms with Crippen molar-refractivity contribution in [2.45, 2.75) is 6.54 Å². The van der Waals surface area contributed by atoms with Crippen molar-refractivity contribution in [2.24, 2.45) is 0 Å². The minimum Gasteiger partial charge on any atom is -0.476 e. The van der Waals surface area contributed by atoms with Gasteiger partial charge >= 0.3 is 0 Å². The van der Waals surface area contributed by atoms with Crippen molar-refractivity contribution in [1.82, 2.24) is 14.9 Å². The Bertz CT molecular complexity index is 882. The van der Waals surface area contributed by atoms with E-state index in [0.717, 1.165) is 16.7 Å². The molecule has 1 aromatic carbocycles. The van der Waals surface area contributed by atoms with Crippen LogP contribution in [0.3, 0.4) is 0 Å². The highest BCUT2D eigenvalue weighted by atomic mass is 16.5. The molecule has 124 valence electrons. The molecule has 0 fully saturated rings. The number of nitrogens with zero attached hydrogens (tertiary/aromatic N) is 3. The van der Waals surface area contributed by atoms with Crippen LogP contribution in [0.4, 0.5) is 0 Å². The van der Waals surface area contributed by atoms with Gasteiger partial charge in [0.1, 0.15) is 6.61 Å². The van der Waals surface area contributed by atoms with E-state index in [9.17, 15) is 4.79 Å². The van der Waals surface area contributed by atoms with Gasteiger partial charge in [0.25, 0.3) is 5.91 Å². The molecular weight excluding hydrogens is 314 g/mol. The predicted octanol–water partition coefficient (Wildman–Crippen LogP) is 3.18. The van der Waals surface area contributed by atoms with Crippen molar-refractivity contribution in [3.05, 3.63) is 78.2 Å². The van der Waals surface area contributed by atoms with Crippen LogP contribution in [-0.2, 0) is 6.54 Å². The molecule has 25 heavy (non-hydrogen) atoms. The van der Waals surface area contributed by atoms with E-state index in [1.165, 1.54) is 0 Å². The second kappa shape index (κ2) is 6.73. The Labute approximate surface area is 145 Å². The molecule has 0 N–H and O–H groups in total. The highest BCUT2D eigenvalue weighted by Gasteiger charge is 2.24. The standard InChI is InChI=1S/C20H17N3O2/c24-20(16-7-4-9-21-13-16)23-11-12-25-19-18(14-23)17(8-10-22-19)15-5-2-1-3-6-15/h1-10,13H,11-12,14H2. The SMILES string of the molecule is O=C(c1cccnc1)N1CCOc2nccc(-c3ccccc3)c2C1. The third-order valence-electron chi connectivity index (χ3n) is 4.25. The molecule has 0 unspecified atom stereocenters. The van der Waals surface area contributed by atoms with Gasteiger partial charge in [-0.25, -0.2) is 4.98 Å². The van der Waals surface area contributed by atoms with E-state index in [-0.39, 0.29) is 5.91 Å². The lowest BCUT2D eigenvalue weighted by Crippen LogP contribution is -2.32. The summed E-state index contributed by atoms with van der Waals surface area (Å²) < 4.78 is 5.81. The van der Waals surface area contributed by atoms with E-state index >= 15 is 0 Å². The Kier molecular flexibility index (Phi) is 4.12. The van der Waals surface area contributed by atoms with Gasteiger partial charge in [0.15, 0.2) is 0 Å². The Balaban J connectivity index is 1.72. The number of amides is 1. The Morgan fingerprint density at radius 1 is 1.04 bits per heavy atom. The lowest BCUT2D eigenvalue weighted by molar-refractivity contribution is 0.0732. The molecule has 0 saturated heterocycles. The normalized spacial score (nSPS) is 13.5. The van der Waals surface area contributed by atoms with Crippen molar-refractivity contribution < 1.29 is 9.53 Å². The maximum atomic E-state index is 12.8. The van der Waals surface area contributed by atoms with Crippen LogP contribution in [-0.4, -0.2) is 33.9 Å². The van der Waals surface area contributed by atoms with E-state index in [0.29, 0.717) is 31.1 Å². The van der Waals surface area contributed by atoms with Gasteiger partial charge in [-0.15, -0.1) is 0 Å². The molecule has 0 aliphatic carbocycles. The number of hydrogen-bond donors (Lipinski definition) is 0. The molecule has 5 heteroatoms. The monoisotopic (exact) mass is 331 g/mol. The van der Waals surface area contributed by atoms with Gasteiger partial charge in [-0.3, -0.25) is 9.78 Å². The fourth-order valence-electron chi connectivity index (χ4n) is 3.01. The minimum absolute atomic E-state index is 0.0487. The third-order valence-corrected chi connectivity index (χ3v) is 4.25. The molecule has 0 radical (unpaired) electrons. The summed E-state index contributed by atoms with van der Waals surface area (Å²) in [4.78, 5) is 23.0. The van der Waals surface area contributed by atoms with Crippen molar-refractivity contribution >= 4 is 5.91 Å². The van der Waals surface area contributed by atoms with Crippen LogP contribution in [0.25, 0.3) is 11.1 Å². The number of pyridine rings is 2. The van der Waals surface area contributed by atoms with Gasteiger partial charge < -0.3 is 9.64 Å². The number of aromatic nitrogens is 2. The number of hydrogen-bond acceptors (Lipinski definition) is 4. The molecule has 3 heterocycles. The second-order valence-corrected chi connectivity index (χ2v) is 5.83. The van der Waals surface area contributed by atoms with Crippen LogP contribution in [0.1, 0.15) is 15.9 Å². The summed E-state index contributed by atoms with van der Waals surface area (Å²) >= 11 is 0. The lowest BCUT2D eigenvalue weighted by Gasteiger charge is -2.20. The highest BCUT2D eigenvalue weighted by Crippen LogP contribution is 2.31. The van der Waals surface area contributed by atoms with E-state index in [2.05, 4.69) is 9.97 Å². The summed E-state index contributed by atoms with van der Waals surface area (Å²) in [6.45, 7) is 1.39. The van der Waals surface area contributed by atoms with Gasteiger partial charge in [0, 0.05) is 24.2 Å². The Morgan fingerprint density at radius 3 is 2.72 bits per heavy atom. The topological polar surface area (TPSA) is 55.3 Å². The van der Waals surface area contributed by atoms with Crippen LogP contribution >= 0.6 is 0 Å².